The first-order valence-corrected chi connectivity index (χ1v) is 9.80. The molecule has 0 amide bonds. The Morgan fingerprint density at radius 2 is 1.96 bits per heavy atom. The minimum atomic E-state index is -3.71. The van der Waals surface area contributed by atoms with Crippen LogP contribution in [0.2, 0.25) is 0 Å². The van der Waals surface area contributed by atoms with Crippen LogP contribution in [0.5, 0.6) is 0 Å². The summed E-state index contributed by atoms with van der Waals surface area (Å²) < 4.78 is 24.0. The number of hydrogen-bond donors (Lipinski definition) is 4. The highest BCUT2D eigenvalue weighted by Gasteiger charge is 2.19. The van der Waals surface area contributed by atoms with Crippen molar-refractivity contribution in [3.8, 4) is 0 Å². The molecule has 0 aliphatic carbocycles. The summed E-state index contributed by atoms with van der Waals surface area (Å²) in [6, 6.07) is 7.74. The number of nitrogens with one attached hydrogen (secondary N) is 1. The van der Waals surface area contributed by atoms with Crippen LogP contribution < -0.4 is 11.4 Å². The predicted octanol–water partition coefficient (Wildman–Crippen LogP) is 1.32. The highest BCUT2D eigenvalue weighted by molar-refractivity contribution is 7.97. The third-order valence-electron chi connectivity index (χ3n) is 3.94. The maximum absolute atomic E-state index is 12.4. The smallest absolute Gasteiger partial charge is 0.328 e. The van der Waals surface area contributed by atoms with Gasteiger partial charge in [0.05, 0.1) is 6.54 Å². The maximum atomic E-state index is 12.4. The molecule has 0 aliphatic rings. The monoisotopic (exact) mass is 363 g/mol. The lowest BCUT2D eigenvalue weighted by molar-refractivity contribution is 0.528. The van der Waals surface area contributed by atoms with E-state index in [2.05, 4.69) is 15.0 Å². The van der Waals surface area contributed by atoms with Gasteiger partial charge in [-0.05, 0) is 18.9 Å². The Hall–Kier alpha value is -2.52. The number of nitrogens with zero attached hydrogens (tertiary/aromatic N) is 3. The second kappa shape index (κ2) is 6.41. The molecule has 0 saturated heterocycles. The van der Waals surface area contributed by atoms with Crippen LogP contribution in [0.3, 0.4) is 0 Å². The number of benzene rings is 1. The van der Waals surface area contributed by atoms with Gasteiger partial charge in [-0.3, -0.25) is 9.12 Å². The van der Waals surface area contributed by atoms with Crippen molar-refractivity contribution in [2.45, 2.75) is 32.0 Å². The Kier molecular flexibility index (Phi) is 4.44. The van der Waals surface area contributed by atoms with Crippen molar-refractivity contribution in [3.05, 3.63) is 45.9 Å². The van der Waals surface area contributed by atoms with Crippen molar-refractivity contribution in [3.63, 3.8) is 0 Å². The molecule has 3 rings (SSSR count). The van der Waals surface area contributed by atoms with Crippen molar-refractivity contribution in [2.24, 2.45) is 0 Å². The third kappa shape index (κ3) is 3.33. The summed E-state index contributed by atoms with van der Waals surface area (Å²) in [6.45, 7) is 4.06. The van der Waals surface area contributed by atoms with Gasteiger partial charge in [0, 0.05) is 5.75 Å². The summed E-state index contributed by atoms with van der Waals surface area (Å²) in [6.07, 6.45) is 0.512. The van der Waals surface area contributed by atoms with Crippen LogP contribution in [0.15, 0.2) is 34.2 Å². The number of rotatable bonds is 5. The number of aromatic amines is 1. The fourth-order valence-electron chi connectivity index (χ4n) is 2.62. The maximum Gasteiger partial charge on any atom is 0.328 e. The Labute approximate surface area is 145 Å². The van der Waals surface area contributed by atoms with Crippen LogP contribution in [0.25, 0.3) is 11.2 Å². The molecule has 0 aliphatic heterocycles. The van der Waals surface area contributed by atoms with Gasteiger partial charge in [-0.25, -0.2) is 9.00 Å². The van der Waals surface area contributed by atoms with E-state index in [1.807, 2.05) is 31.2 Å². The van der Waals surface area contributed by atoms with Gasteiger partial charge in [-0.2, -0.15) is 9.97 Å². The van der Waals surface area contributed by atoms with Crippen LogP contribution in [-0.2, 0) is 16.8 Å². The Balaban J connectivity index is 2.14. The number of thiol groups is 1. The molecule has 0 spiro atoms. The number of aromatic nitrogens is 4. The van der Waals surface area contributed by atoms with Crippen LogP contribution in [0, 0.1) is 6.92 Å². The summed E-state index contributed by atoms with van der Waals surface area (Å²) in [5, 5.41) is -0.212. The molecule has 0 saturated carbocycles. The van der Waals surface area contributed by atoms with Gasteiger partial charge in [0.15, 0.2) is 11.5 Å². The molecule has 0 atom stereocenters. The first-order valence-electron chi connectivity index (χ1n) is 7.96. The number of imidazole rings is 1. The fraction of sp³-hybridized carbons (Fsp3) is 0.312. The van der Waals surface area contributed by atoms with E-state index in [0.29, 0.717) is 6.42 Å². The van der Waals surface area contributed by atoms with Crippen LogP contribution in [0.1, 0.15) is 24.5 Å². The van der Waals surface area contributed by atoms with Crippen molar-refractivity contribution in [1.29, 1.82) is 0 Å². The molecule has 0 radical (unpaired) electrons. The highest BCUT2D eigenvalue weighted by Crippen LogP contribution is 2.20. The van der Waals surface area contributed by atoms with Gasteiger partial charge in [-0.15, -0.1) is 10.2 Å². The summed E-state index contributed by atoms with van der Waals surface area (Å²) in [4.78, 5) is 23.0. The fourth-order valence-corrected chi connectivity index (χ4v) is 3.94. The molecular formula is C16H21N5O3S. The highest BCUT2D eigenvalue weighted by atomic mass is 32.3. The van der Waals surface area contributed by atoms with E-state index in [4.69, 9.17) is 5.73 Å². The summed E-state index contributed by atoms with van der Waals surface area (Å²) >= 11 is 0. The lowest BCUT2D eigenvalue weighted by atomic mass is 10.1. The Bertz CT molecular complexity index is 1020. The first-order chi connectivity index (χ1) is 11.8. The molecule has 0 unspecified atom stereocenters. The zero-order valence-electron chi connectivity index (χ0n) is 14.1. The van der Waals surface area contributed by atoms with Gasteiger partial charge in [0.25, 0.3) is 0 Å². The lowest BCUT2D eigenvalue weighted by Crippen LogP contribution is -2.21. The zero-order chi connectivity index (χ0) is 18.2. The van der Waals surface area contributed by atoms with Gasteiger partial charge in [-0.1, -0.05) is 36.8 Å². The molecule has 3 aromatic rings. The quantitative estimate of drug-likeness (QED) is 0.400. The van der Waals surface area contributed by atoms with Gasteiger partial charge >= 0.3 is 5.69 Å². The van der Waals surface area contributed by atoms with Crippen LogP contribution >= 0.6 is 0 Å². The number of H-pyrrole nitrogens is 1. The molecule has 8 nitrogen and oxygen atoms in total. The zero-order valence-corrected chi connectivity index (χ0v) is 15.0. The average Bonchev–Trinajstić information content (AvgIpc) is 2.86. The normalized spacial score (nSPS) is 12.6. The van der Waals surface area contributed by atoms with Gasteiger partial charge in [0.1, 0.15) is 5.52 Å². The van der Waals surface area contributed by atoms with Crippen LogP contribution in [-0.4, -0.2) is 34.0 Å². The number of fused-ring (bicyclic) bond motifs is 1. The molecule has 4 N–H and O–H groups in total. The standard InChI is InChI=1S/C16H21N5O3S/c1-3-8-25(23,24)15-19-13(17)12-14(20-15)21(16(22)18-12)9-11-6-4-10(2)5-7-11/h4-7,25H,3,8-9H2,1-2H3,(H,18,22)(H,23,24)(H2,17,19,20). The summed E-state index contributed by atoms with van der Waals surface area (Å²) in [5.41, 5.74) is 8.02. The van der Waals surface area contributed by atoms with E-state index in [9.17, 15) is 13.6 Å². The SMILES string of the molecule is CCC[SH](=O)(O)c1nc(N)c2[nH]c(=O)n(Cc3ccc(C)cc3)c2n1. The third-order valence-corrected chi connectivity index (χ3v) is 5.82. The van der Waals surface area contributed by atoms with Crippen molar-refractivity contribution in [2.75, 3.05) is 11.5 Å². The van der Waals surface area contributed by atoms with E-state index in [1.165, 1.54) is 4.57 Å². The number of hydrogen-bond acceptors (Lipinski definition) is 5. The van der Waals surface area contributed by atoms with Gasteiger partial charge < -0.3 is 10.7 Å². The molecule has 2 heterocycles. The number of aryl methyl sites for hydroxylation is 1. The van der Waals surface area contributed by atoms with E-state index >= 15 is 0 Å². The number of anilines is 1. The minimum Gasteiger partial charge on any atom is -0.382 e. The number of nitrogen functional groups attached to an aromatic ring is 1. The molecule has 134 valence electrons. The van der Waals surface area contributed by atoms with E-state index in [0.717, 1.165) is 11.1 Å². The average molecular weight is 363 g/mol. The topological polar surface area (TPSA) is 127 Å². The van der Waals surface area contributed by atoms with E-state index in [-0.39, 0.29) is 34.4 Å². The van der Waals surface area contributed by atoms with Crippen molar-refractivity contribution >= 4 is 27.2 Å². The molecule has 9 heteroatoms. The van der Waals surface area contributed by atoms with Crippen LogP contribution in [0.4, 0.5) is 5.82 Å². The molecule has 2 aromatic heterocycles. The molecule has 1 aromatic carbocycles. The molecular weight excluding hydrogens is 342 g/mol. The summed E-state index contributed by atoms with van der Waals surface area (Å²) in [5.74, 6) is 0.0509. The largest absolute Gasteiger partial charge is 0.382 e. The van der Waals surface area contributed by atoms with Crippen molar-refractivity contribution in [1.82, 2.24) is 19.5 Å². The second-order valence-corrected chi connectivity index (χ2v) is 8.28. The minimum absolute atomic E-state index is 0.00914. The Morgan fingerprint density at radius 3 is 2.60 bits per heavy atom. The van der Waals surface area contributed by atoms with Gasteiger partial charge in [0.2, 0.25) is 5.16 Å². The molecule has 0 fully saturated rings. The lowest BCUT2D eigenvalue weighted by Gasteiger charge is -2.20. The predicted molar refractivity (Wildman–Crippen MR) is 98.4 cm³/mol. The molecule has 0 bridgehead atoms. The second-order valence-electron chi connectivity index (χ2n) is 6.03. The van der Waals surface area contributed by atoms with Crippen molar-refractivity contribution < 1.29 is 8.76 Å². The van der Waals surface area contributed by atoms with E-state index < -0.39 is 15.9 Å². The first kappa shape index (κ1) is 17.3. The number of nitrogens with two attached hydrogens (primary N) is 1. The Morgan fingerprint density at radius 1 is 1.28 bits per heavy atom. The summed E-state index contributed by atoms with van der Waals surface area (Å²) in [7, 11) is -3.71. The molecule has 25 heavy (non-hydrogen) atoms. The van der Waals surface area contributed by atoms with E-state index in [1.54, 1.807) is 6.92 Å².